The third-order valence-electron chi connectivity index (χ3n) is 4.67. The summed E-state index contributed by atoms with van der Waals surface area (Å²) in [6.07, 6.45) is 2.42. The second kappa shape index (κ2) is 6.47. The molecule has 9 nitrogen and oxygen atoms in total. The lowest BCUT2D eigenvalue weighted by atomic mass is 10.1. The van der Waals surface area contributed by atoms with Gasteiger partial charge >= 0.3 is 5.69 Å². The quantitative estimate of drug-likeness (QED) is 0.752. The van der Waals surface area contributed by atoms with Gasteiger partial charge in [-0.25, -0.2) is 4.79 Å². The topological polar surface area (TPSA) is 108 Å². The first-order chi connectivity index (χ1) is 11.8. The maximum Gasteiger partial charge on any atom is 0.332 e. The van der Waals surface area contributed by atoms with Crippen molar-refractivity contribution in [2.45, 2.75) is 52.2 Å². The van der Waals surface area contributed by atoms with Gasteiger partial charge in [-0.3, -0.25) is 23.6 Å². The van der Waals surface area contributed by atoms with Gasteiger partial charge in [-0.05, 0) is 19.8 Å². The van der Waals surface area contributed by atoms with Gasteiger partial charge < -0.3 is 10.3 Å². The van der Waals surface area contributed by atoms with E-state index >= 15 is 0 Å². The molecule has 0 radical (unpaired) electrons. The van der Waals surface area contributed by atoms with Crippen LogP contribution in [0.25, 0.3) is 11.2 Å². The lowest BCUT2D eigenvalue weighted by molar-refractivity contribution is -0.116. The molecule has 9 heteroatoms. The first-order valence-corrected chi connectivity index (χ1v) is 8.56. The molecule has 0 saturated carbocycles. The van der Waals surface area contributed by atoms with Gasteiger partial charge in [-0.1, -0.05) is 6.42 Å². The lowest BCUT2D eigenvalue weighted by Crippen LogP contribution is -2.39. The van der Waals surface area contributed by atoms with Crippen LogP contribution in [0.1, 0.15) is 33.1 Å². The molecular formula is C16H24N6O3. The molecule has 0 spiro atoms. The molecule has 25 heavy (non-hydrogen) atoms. The molecule has 1 aliphatic heterocycles. The number of nitrogens with two attached hydrogens (primary N) is 1. The number of imidazole rings is 1. The summed E-state index contributed by atoms with van der Waals surface area (Å²) in [6.45, 7) is 4.75. The number of rotatable bonds is 5. The fourth-order valence-corrected chi connectivity index (χ4v) is 3.31. The van der Waals surface area contributed by atoms with Crippen LogP contribution >= 0.6 is 0 Å². The molecule has 0 fully saturated rings. The van der Waals surface area contributed by atoms with E-state index in [4.69, 9.17) is 5.73 Å². The molecule has 0 aliphatic carbocycles. The van der Waals surface area contributed by atoms with E-state index in [0.717, 1.165) is 12.8 Å². The fourth-order valence-electron chi connectivity index (χ4n) is 3.31. The molecule has 0 unspecified atom stereocenters. The summed E-state index contributed by atoms with van der Waals surface area (Å²) in [5, 5.41) is 0. The Balaban J connectivity index is 2.05. The zero-order chi connectivity index (χ0) is 18.3. The van der Waals surface area contributed by atoms with Crippen LogP contribution in [0.15, 0.2) is 9.59 Å². The monoisotopic (exact) mass is 348 g/mol. The number of aromatic nitrogens is 4. The molecular weight excluding hydrogens is 324 g/mol. The normalized spacial score (nSPS) is 15.0. The SMILES string of the molecule is CC(=O)N1CCn2c1nc1c2c(=O)n(CCCC[C@@H](C)N)c(=O)n1C. The average Bonchev–Trinajstić information content (AvgIpc) is 3.10. The van der Waals surface area contributed by atoms with Crippen molar-refractivity contribution < 1.29 is 4.79 Å². The summed E-state index contributed by atoms with van der Waals surface area (Å²) in [6, 6.07) is 0.109. The van der Waals surface area contributed by atoms with Crippen LogP contribution in [0.4, 0.5) is 5.95 Å². The zero-order valence-electron chi connectivity index (χ0n) is 14.9. The second-order valence-electron chi connectivity index (χ2n) is 6.68. The van der Waals surface area contributed by atoms with E-state index in [9.17, 15) is 14.4 Å². The molecule has 1 atom stereocenters. The number of hydrogen-bond acceptors (Lipinski definition) is 5. The number of anilines is 1. The molecule has 0 aromatic carbocycles. The van der Waals surface area contributed by atoms with Crippen molar-refractivity contribution in [1.82, 2.24) is 18.7 Å². The molecule has 2 aromatic heterocycles. The van der Waals surface area contributed by atoms with Gasteiger partial charge in [0.05, 0.1) is 0 Å². The van der Waals surface area contributed by atoms with Gasteiger partial charge in [0.2, 0.25) is 11.9 Å². The maximum absolute atomic E-state index is 12.9. The Morgan fingerprint density at radius 1 is 1.28 bits per heavy atom. The highest BCUT2D eigenvalue weighted by Gasteiger charge is 2.29. The summed E-state index contributed by atoms with van der Waals surface area (Å²) in [4.78, 5) is 43.1. The summed E-state index contributed by atoms with van der Waals surface area (Å²) in [5.41, 5.74) is 5.71. The number of fused-ring (bicyclic) bond motifs is 3. The van der Waals surface area contributed by atoms with E-state index in [-0.39, 0.29) is 23.2 Å². The van der Waals surface area contributed by atoms with Crippen molar-refractivity contribution in [3.8, 4) is 0 Å². The fraction of sp³-hybridized carbons (Fsp3) is 0.625. The van der Waals surface area contributed by atoms with E-state index < -0.39 is 0 Å². The van der Waals surface area contributed by atoms with Gasteiger partial charge in [0.1, 0.15) is 0 Å². The van der Waals surface area contributed by atoms with Crippen LogP contribution < -0.4 is 21.9 Å². The van der Waals surface area contributed by atoms with Crippen LogP contribution in [0.5, 0.6) is 0 Å². The number of unbranched alkanes of at least 4 members (excludes halogenated alkanes) is 1. The molecule has 0 saturated heterocycles. The lowest BCUT2D eigenvalue weighted by Gasteiger charge is -2.10. The minimum Gasteiger partial charge on any atom is -0.328 e. The van der Waals surface area contributed by atoms with Crippen molar-refractivity contribution >= 4 is 23.0 Å². The molecule has 3 rings (SSSR count). The van der Waals surface area contributed by atoms with E-state index in [0.29, 0.717) is 43.2 Å². The third kappa shape index (κ3) is 2.88. The van der Waals surface area contributed by atoms with Crippen molar-refractivity contribution in [1.29, 1.82) is 0 Å². The van der Waals surface area contributed by atoms with Crippen molar-refractivity contribution in [3.63, 3.8) is 0 Å². The van der Waals surface area contributed by atoms with Gasteiger partial charge in [0, 0.05) is 39.6 Å². The van der Waals surface area contributed by atoms with Gasteiger partial charge in [-0.15, -0.1) is 0 Å². The minimum absolute atomic E-state index is 0.109. The maximum atomic E-state index is 12.9. The Kier molecular flexibility index (Phi) is 4.51. The second-order valence-corrected chi connectivity index (χ2v) is 6.68. The summed E-state index contributed by atoms with van der Waals surface area (Å²) < 4.78 is 4.37. The van der Waals surface area contributed by atoms with Crippen molar-refractivity contribution in [2.75, 3.05) is 11.4 Å². The minimum atomic E-state index is -0.385. The van der Waals surface area contributed by atoms with Crippen LogP contribution in [0, 0.1) is 0 Å². The summed E-state index contributed by atoms with van der Waals surface area (Å²) in [5.74, 6) is 0.305. The highest BCUT2D eigenvalue weighted by molar-refractivity contribution is 5.92. The van der Waals surface area contributed by atoms with E-state index in [1.54, 1.807) is 11.6 Å². The molecule has 2 aromatic rings. The third-order valence-corrected chi connectivity index (χ3v) is 4.67. The predicted octanol–water partition coefficient (Wildman–Crippen LogP) is -0.219. The smallest absolute Gasteiger partial charge is 0.328 e. The molecule has 2 N–H and O–H groups in total. The average molecular weight is 348 g/mol. The van der Waals surface area contributed by atoms with Gasteiger partial charge in [-0.2, -0.15) is 4.98 Å². The first kappa shape index (κ1) is 17.4. The Labute approximate surface area is 144 Å². The van der Waals surface area contributed by atoms with E-state index in [2.05, 4.69) is 4.98 Å². The molecule has 1 amide bonds. The van der Waals surface area contributed by atoms with E-state index in [1.807, 2.05) is 6.92 Å². The molecule has 0 bridgehead atoms. The number of carbonyl (C=O) groups is 1. The summed E-state index contributed by atoms with van der Waals surface area (Å²) >= 11 is 0. The number of hydrogen-bond donors (Lipinski definition) is 1. The van der Waals surface area contributed by atoms with E-state index in [1.165, 1.54) is 21.0 Å². The highest BCUT2D eigenvalue weighted by Crippen LogP contribution is 2.24. The Morgan fingerprint density at radius 3 is 2.64 bits per heavy atom. The highest BCUT2D eigenvalue weighted by atomic mass is 16.2. The largest absolute Gasteiger partial charge is 0.332 e. The Morgan fingerprint density at radius 2 is 2.00 bits per heavy atom. The Bertz CT molecular complexity index is 936. The molecule has 1 aliphatic rings. The number of aryl methyl sites for hydroxylation is 1. The molecule has 3 heterocycles. The van der Waals surface area contributed by atoms with Gasteiger partial charge in [0.15, 0.2) is 11.2 Å². The predicted molar refractivity (Wildman–Crippen MR) is 94.8 cm³/mol. The Hall–Kier alpha value is -2.42. The summed E-state index contributed by atoms with van der Waals surface area (Å²) in [7, 11) is 1.60. The van der Waals surface area contributed by atoms with Crippen LogP contribution in [-0.2, 0) is 24.9 Å². The standard InChI is InChI=1S/C16H24N6O3/c1-10(17)6-4-5-7-22-14(24)12-13(19(3)16(22)25)18-15-20(11(2)23)8-9-21(12)15/h10H,4-9,17H2,1-3H3/t10-/m1/s1. The van der Waals surface area contributed by atoms with Crippen LogP contribution in [0.3, 0.4) is 0 Å². The molecule has 136 valence electrons. The van der Waals surface area contributed by atoms with Crippen molar-refractivity contribution in [3.05, 3.63) is 20.8 Å². The van der Waals surface area contributed by atoms with Gasteiger partial charge in [0.25, 0.3) is 5.56 Å². The first-order valence-electron chi connectivity index (χ1n) is 8.56. The zero-order valence-corrected chi connectivity index (χ0v) is 14.9. The number of amides is 1. The number of nitrogens with zero attached hydrogens (tertiary/aromatic N) is 5. The number of carbonyl (C=O) groups excluding carboxylic acids is 1. The van der Waals surface area contributed by atoms with Crippen molar-refractivity contribution in [2.24, 2.45) is 12.8 Å². The van der Waals surface area contributed by atoms with Crippen LogP contribution in [0.2, 0.25) is 0 Å². The van der Waals surface area contributed by atoms with Crippen LogP contribution in [-0.4, -0.2) is 37.2 Å².